The molecule has 5 heteroatoms. The Morgan fingerprint density at radius 3 is 2.33 bits per heavy atom. The van der Waals surface area contributed by atoms with Crippen LogP contribution in [0, 0.1) is 0 Å². The molecular weight excluding hydrogens is 280 g/mol. The van der Waals surface area contributed by atoms with E-state index in [0.29, 0.717) is 12.0 Å². The topological polar surface area (TPSA) is 31.4 Å². The molecule has 0 saturated heterocycles. The van der Waals surface area contributed by atoms with Crippen molar-refractivity contribution in [1.29, 1.82) is 0 Å². The van der Waals surface area contributed by atoms with Crippen LogP contribution in [0.15, 0.2) is 0 Å². The SMILES string of the molecule is CCC(C)c1nc(N(C)CCN(C)C)sc1CNC(C)C. The van der Waals surface area contributed by atoms with E-state index in [4.69, 9.17) is 4.98 Å². The van der Waals surface area contributed by atoms with Crippen molar-refractivity contribution in [2.75, 3.05) is 39.1 Å². The quantitative estimate of drug-likeness (QED) is 0.759. The summed E-state index contributed by atoms with van der Waals surface area (Å²) in [5.74, 6) is 0.529. The molecule has 0 saturated carbocycles. The van der Waals surface area contributed by atoms with Gasteiger partial charge in [0, 0.05) is 37.6 Å². The first-order valence-corrected chi connectivity index (χ1v) is 8.75. The summed E-state index contributed by atoms with van der Waals surface area (Å²) in [5, 5.41) is 4.67. The third-order valence-electron chi connectivity index (χ3n) is 3.68. The Kier molecular flexibility index (Phi) is 7.63. The lowest BCUT2D eigenvalue weighted by molar-refractivity contribution is 0.416. The first kappa shape index (κ1) is 18.4. The lowest BCUT2D eigenvalue weighted by Crippen LogP contribution is -2.28. The van der Waals surface area contributed by atoms with E-state index in [1.807, 2.05) is 11.3 Å². The summed E-state index contributed by atoms with van der Waals surface area (Å²) in [6, 6.07) is 0.506. The van der Waals surface area contributed by atoms with Crippen LogP contribution < -0.4 is 10.2 Å². The maximum absolute atomic E-state index is 4.92. The Morgan fingerprint density at radius 2 is 1.81 bits per heavy atom. The summed E-state index contributed by atoms with van der Waals surface area (Å²) < 4.78 is 0. The number of anilines is 1. The molecule has 1 aromatic heterocycles. The molecule has 1 rings (SSSR count). The van der Waals surface area contributed by atoms with E-state index >= 15 is 0 Å². The number of thiazole rings is 1. The lowest BCUT2D eigenvalue weighted by atomic mass is 10.0. The molecule has 0 fully saturated rings. The number of aromatic nitrogens is 1. The molecule has 0 amide bonds. The Bertz CT molecular complexity index is 414. The van der Waals surface area contributed by atoms with Gasteiger partial charge in [-0.3, -0.25) is 0 Å². The summed E-state index contributed by atoms with van der Waals surface area (Å²) in [6.07, 6.45) is 1.14. The predicted octanol–water partition coefficient (Wildman–Crippen LogP) is 3.15. The number of hydrogen-bond donors (Lipinski definition) is 1. The van der Waals surface area contributed by atoms with Gasteiger partial charge in [-0.25, -0.2) is 4.98 Å². The minimum Gasteiger partial charge on any atom is -0.350 e. The molecule has 1 heterocycles. The van der Waals surface area contributed by atoms with Crippen LogP contribution in [0.5, 0.6) is 0 Å². The number of hydrogen-bond acceptors (Lipinski definition) is 5. The van der Waals surface area contributed by atoms with Gasteiger partial charge in [-0.1, -0.05) is 27.7 Å². The van der Waals surface area contributed by atoms with Crippen LogP contribution in [-0.4, -0.2) is 50.2 Å². The van der Waals surface area contributed by atoms with E-state index in [2.05, 4.69) is 64.0 Å². The molecule has 0 aliphatic heterocycles. The number of nitrogens with one attached hydrogen (secondary N) is 1. The predicted molar refractivity (Wildman–Crippen MR) is 94.6 cm³/mol. The van der Waals surface area contributed by atoms with Gasteiger partial charge in [0.2, 0.25) is 0 Å². The van der Waals surface area contributed by atoms with Gasteiger partial charge in [0.25, 0.3) is 0 Å². The molecule has 1 N–H and O–H groups in total. The third-order valence-corrected chi connectivity index (χ3v) is 4.86. The van der Waals surface area contributed by atoms with Crippen molar-refractivity contribution in [3.63, 3.8) is 0 Å². The number of likely N-dealkylation sites (N-methyl/N-ethyl adjacent to an activating group) is 2. The van der Waals surface area contributed by atoms with Crippen LogP contribution in [0.4, 0.5) is 5.13 Å². The maximum Gasteiger partial charge on any atom is 0.185 e. The first-order valence-electron chi connectivity index (χ1n) is 7.94. The Labute approximate surface area is 134 Å². The zero-order valence-electron chi connectivity index (χ0n) is 14.7. The van der Waals surface area contributed by atoms with E-state index in [1.165, 1.54) is 10.6 Å². The molecule has 0 spiro atoms. The second-order valence-electron chi connectivity index (χ2n) is 6.37. The van der Waals surface area contributed by atoms with Gasteiger partial charge in [-0.05, 0) is 26.4 Å². The van der Waals surface area contributed by atoms with Gasteiger partial charge < -0.3 is 15.1 Å². The maximum atomic E-state index is 4.92. The summed E-state index contributed by atoms with van der Waals surface area (Å²) in [6.45, 7) is 11.9. The van der Waals surface area contributed by atoms with Crippen LogP contribution in [0.3, 0.4) is 0 Å². The monoisotopic (exact) mass is 312 g/mol. The van der Waals surface area contributed by atoms with E-state index < -0.39 is 0 Å². The average molecular weight is 313 g/mol. The van der Waals surface area contributed by atoms with Crippen molar-refractivity contribution >= 4 is 16.5 Å². The van der Waals surface area contributed by atoms with Gasteiger partial charge in [-0.2, -0.15) is 0 Å². The third kappa shape index (κ3) is 5.93. The van der Waals surface area contributed by atoms with Crippen LogP contribution in [-0.2, 0) is 6.54 Å². The molecular formula is C16H32N4S. The van der Waals surface area contributed by atoms with E-state index in [1.54, 1.807) is 0 Å². The second kappa shape index (κ2) is 8.71. The van der Waals surface area contributed by atoms with E-state index in [9.17, 15) is 0 Å². The zero-order valence-corrected chi connectivity index (χ0v) is 15.5. The molecule has 0 aromatic carbocycles. The van der Waals surface area contributed by atoms with Crippen molar-refractivity contribution in [3.05, 3.63) is 10.6 Å². The fraction of sp³-hybridized carbons (Fsp3) is 0.812. The van der Waals surface area contributed by atoms with Gasteiger partial charge in [0.05, 0.1) is 5.69 Å². The van der Waals surface area contributed by atoms with E-state index in [-0.39, 0.29) is 0 Å². The Balaban J connectivity index is 2.85. The molecule has 21 heavy (non-hydrogen) atoms. The fourth-order valence-corrected chi connectivity index (χ4v) is 3.08. The largest absolute Gasteiger partial charge is 0.350 e. The normalized spacial score (nSPS) is 13.2. The summed E-state index contributed by atoms with van der Waals surface area (Å²) in [4.78, 5) is 10.8. The Morgan fingerprint density at radius 1 is 1.14 bits per heavy atom. The van der Waals surface area contributed by atoms with Crippen LogP contribution in [0.2, 0.25) is 0 Å². The van der Waals surface area contributed by atoms with Crippen molar-refractivity contribution < 1.29 is 0 Å². The summed E-state index contributed by atoms with van der Waals surface area (Å²) in [7, 11) is 6.36. The van der Waals surface area contributed by atoms with Crippen LogP contribution in [0.1, 0.15) is 50.6 Å². The van der Waals surface area contributed by atoms with Crippen LogP contribution in [0.25, 0.3) is 0 Å². The summed E-state index contributed by atoms with van der Waals surface area (Å²) >= 11 is 1.84. The minimum atomic E-state index is 0.506. The van der Waals surface area contributed by atoms with Crippen molar-refractivity contribution in [1.82, 2.24) is 15.2 Å². The first-order chi connectivity index (χ1) is 9.85. The molecule has 122 valence electrons. The van der Waals surface area contributed by atoms with Gasteiger partial charge >= 0.3 is 0 Å². The standard InChI is InChI=1S/C16H32N4S/c1-8-13(4)15-14(11-17-12(2)3)21-16(18-15)20(7)10-9-19(5)6/h12-13,17H,8-11H2,1-7H3. The minimum absolute atomic E-state index is 0.506. The Hall–Kier alpha value is -0.650. The molecule has 1 aromatic rings. The highest BCUT2D eigenvalue weighted by molar-refractivity contribution is 7.15. The molecule has 0 radical (unpaired) electrons. The highest BCUT2D eigenvalue weighted by Crippen LogP contribution is 2.31. The molecule has 1 unspecified atom stereocenters. The molecule has 4 nitrogen and oxygen atoms in total. The average Bonchev–Trinajstić information content (AvgIpc) is 2.85. The fourth-order valence-electron chi connectivity index (χ4n) is 1.96. The van der Waals surface area contributed by atoms with Gasteiger partial charge in [0.15, 0.2) is 5.13 Å². The zero-order chi connectivity index (χ0) is 16.0. The highest BCUT2D eigenvalue weighted by Gasteiger charge is 2.18. The number of nitrogens with zero attached hydrogens (tertiary/aromatic N) is 3. The smallest absolute Gasteiger partial charge is 0.185 e. The van der Waals surface area contributed by atoms with Crippen LogP contribution >= 0.6 is 11.3 Å². The molecule has 1 atom stereocenters. The summed E-state index contributed by atoms with van der Waals surface area (Å²) in [5.41, 5.74) is 1.28. The van der Waals surface area contributed by atoms with Crippen molar-refractivity contribution in [2.45, 2.75) is 52.6 Å². The number of rotatable bonds is 9. The van der Waals surface area contributed by atoms with Crippen molar-refractivity contribution in [2.24, 2.45) is 0 Å². The molecule has 0 aliphatic carbocycles. The molecule has 0 aliphatic rings. The highest BCUT2D eigenvalue weighted by atomic mass is 32.1. The van der Waals surface area contributed by atoms with Gasteiger partial charge in [-0.15, -0.1) is 11.3 Å². The lowest BCUT2D eigenvalue weighted by Gasteiger charge is -2.18. The second-order valence-corrected chi connectivity index (χ2v) is 7.44. The molecule has 0 bridgehead atoms. The van der Waals surface area contributed by atoms with Gasteiger partial charge in [0.1, 0.15) is 0 Å². The van der Waals surface area contributed by atoms with Crippen molar-refractivity contribution in [3.8, 4) is 0 Å². The van der Waals surface area contributed by atoms with E-state index in [0.717, 1.165) is 31.2 Å².